The van der Waals surface area contributed by atoms with Crippen LogP contribution in [0.15, 0.2) is 24.3 Å². The molecule has 2 fully saturated rings. The molecule has 2 aliphatic rings. The number of aryl methyl sites for hydroxylation is 1. The highest BCUT2D eigenvalue weighted by atomic mass is 15.3. The van der Waals surface area contributed by atoms with Gasteiger partial charge in [-0.15, -0.1) is 0 Å². The van der Waals surface area contributed by atoms with E-state index in [-0.39, 0.29) is 5.54 Å². The molecule has 0 radical (unpaired) electrons. The maximum Gasteiger partial charge on any atom is 0.0314 e. The second-order valence-corrected chi connectivity index (χ2v) is 7.92. The van der Waals surface area contributed by atoms with Crippen molar-refractivity contribution in [2.24, 2.45) is 0 Å². The first-order chi connectivity index (χ1) is 9.98. The largest absolute Gasteiger partial charge is 0.304 e. The Balaban J connectivity index is 1.77. The fraction of sp³-hybridized carbons (Fsp3) is 0.684. The van der Waals surface area contributed by atoms with Gasteiger partial charge in [0, 0.05) is 30.7 Å². The molecular formula is C19H30N2. The smallest absolute Gasteiger partial charge is 0.0314 e. The van der Waals surface area contributed by atoms with Crippen LogP contribution >= 0.6 is 0 Å². The van der Waals surface area contributed by atoms with Crippen LogP contribution in [0, 0.1) is 6.92 Å². The van der Waals surface area contributed by atoms with E-state index < -0.39 is 0 Å². The van der Waals surface area contributed by atoms with Crippen molar-refractivity contribution in [2.75, 3.05) is 13.1 Å². The Morgan fingerprint density at radius 3 is 2.48 bits per heavy atom. The van der Waals surface area contributed by atoms with Crippen molar-refractivity contribution in [3.8, 4) is 0 Å². The second kappa shape index (κ2) is 5.73. The highest BCUT2D eigenvalue weighted by Gasteiger charge is 2.42. The van der Waals surface area contributed by atoms with E-state index in [1.165, 1.54) is 49.8 Å². The lowest BCUT2D eigenvalue weighted by atomic mass is 9.77. The van der Waals surface area contributed by atoms with Crippen LogP contribution in [-0.2, 0) is 6.54 Å². The minimum absolute atomic E-state index is 0.221. The lowest BCUT2D eigenvalue weighted by Gasteiger charge is -2.53. The normalized spacial score (nSPS) is 25.1. The molecule has 1 saturated carbocycles. The van der Waals surface area contributed by atoms with Crippen molar-refractivity contribution in [2.45, 2.75) is 70.5 Å². The topological polar surface area (TPSA) is 15.3 Å². The average molecular weight is 286 g/mol. The van der Waals surface area contributed by atoms with E-state index in [9.17, 15) is 0 Å². The van der Waals surface area contributed by atoms with Gasteiger partial charge in [0.2, 0.25) is 0 Å². The first kappa shape index (κ1) is 15.1. The van der Waals surface area contributed by atoms with Crippen molar-refractivity contribution in [1.82, 2.24) is 10.2 Å². The van der Waals surface area contributed by atoms with Crippen LogP contribution in [0.2, 0.25) is 0 Å². The third kappa shape index (κ3) is 3.49. The third-order valence-electron chi connectivity index (χ3n) is 5.21. The van der Waals surface area contributed by atoms with Crippen LogP contribution in [0.3, 0.4) is 0 Å². The molecule has 1 aliphatic carbocycles. The van der Waals surface area contributed by atoms with Gasteiger partial charge in [-0.2, -0.15) is 0 Å². The first-order valence-electron chi connectivity index (χ1n) is 8.54. The fourth-order valence-electron chi connectivity index (χ4n) is 4.49. The van der Waals surface area contributed by atoms with Gasteiger partial charge in [0.05, 0.1) is 0 Å². The summed E-state index contributed by atoms with van der Waals surface area (Å²) in [4.78, 5) is 2.68. The van der Waals surface area contributed by atoms with E-state index in [2.05, 4.69) is 55.3 Å². The molecule has 116 valence electrons. The van der Waals surface area contributed by atoms with E-state index in [4.69, 9.17) is 0 Å². The summed E-state index contributed by atoms with van der Waals surface area (Å²) in [6, 6.07) is 8.84. The van der Waals surface area contributed by atoms with Crippen LogP contribution in [0.1, 0.15) is 57.1 Å². The summed E-state index contributed by atoms with van der Waals surface area (Å²) in [7, 11) is 0. The monoisotopic (exact) mass is 286 g/mol. The lowest BCUT2D eigenvalue weighted by Crippen LogP contribution is -2.69. The molecule has 21 heavy (non-hydrogen) atoms. The molecule has 0 bridgehead atoms. The number of nitrogens with one attached hydrogen (secondary N) is 1. The van der Waals surface area contributed by atoms with Gasteiger partial charge in [-0.25, -0.2) is 0 Å². The van der Waals surface area contributed by atoms with Gasteiger partial charge in [0.15, 0.2) is 0 Å². The third-order valence-corrected chi connectivity index (χ3v) is 5.21. The maximum atomic E-state index is 4.00. The molecule has 0 unspecified atom stereocenters. The summed E-state index contributed by atoms with van der Waals surface area (Å²) < 4.78 is 0. The van der Waals surface area contributed by atoms with Crippen LogP contribution in [-0.4, -0.2) is 29.1 Å². The van der Waals surface area contributed by atoms with Gasteiger partial charge in [0.1, 0.15) is 0 Å². The van der Waals surface area contributed by atoms with Gasteiger partial charge < -0.3 is 5.32 Å². The molecule has 1 aliphatic heterocycles. The molecule has 2 nitrogen and oxygen atoms in total. The van der Waals surface area contributed by atoms with Crippen molar-refractivity contribution in [3.05, 3.63) is 35.4 Å². The highest BCUT2D eigenvalue weighted by Crippen LogP contribution is 2.34. The lowest BCUT2D eigenvalue weighted by molar-refractivity contribution is 0.0326. The van der Waals surface area contributed by atoms with E-state index in [0.717, 1.165) is 13.1 Å². The molecule has 0 aromatic heterocycles. The zero-order chi connectivity index (χ0) is 14.9. The maximum absolute atomic E-state index is 4.00. The minimum atomic E-state index is 0.221. The van der Waals surface area contributed by atoms with Crippen molar-refractivity contribution < 1.29 is 0 Å². The van der Waals surface area contributed by atoms with E-state index >= 15 is 0 Å². The number of rotatable bonds is 2. The summed E-state index contributed by atoms with van der Waals surface area (Å²) in [5.74, 6) is 0. The van der Waals surface area contributed by atoms with Crippen molar-refractivity contribution >= 4 is 0 Å². The number of hydrogen-bond donors (Lipinski definition) is 1. The van der Waals surface area contributed by atoms with Crippen molar-refractivity contribution in [1.29, 1.82) is 0 Å². The number of hydrogen-bond acceptors (Lipinski definition) is 2. The molecule has 1 spiro atoms. The predicted molar refractivity (Wildman–Crippen MR) is 89.5 cm³/mol. The van der Waals surface area contributed by atoms with Crippen molar-refractivity contribution in [3.63, 3.8) is 0 Å². The number of piperazine rings is 1. The summed E-state index contributed by atoms with van der Waals surface area (Å²) in [6.45, 7) is 10.4. The van der Waals surface area contributed by atoms with Crippen LogP contribution < -0.4 is 5.32 Å². The Kier molecular flexibility index (Phi) is 4.11. The Morgan fingerprint density at radius 2 is 1.76 bits per heavy atom. The first-order valence-corrected chi connectivity index (χ1v) is 8.54. The summed E-state index contributed by atoms with van der Waals surface area (Å²) in [5, 5.41) is 4.00. The minimum Gasteiger partial charge on any atom is -0.304 e. The van der Waals surface area contributed by atoms with Gasteiger partial charge in [-0.05, 0) is 44.7 Å². The SMILES string of the molecule is Cc1ccccc1CN1CC(C)(C)NC2(CCCCC2)C1. The fourth-order valence-corrected chi connectivity index (χ4v) is 4.49. The Morgan fingerprint density at radius 1 is 1.05 bits per heavy atom. The van der Waals surface area contributed by atoms with Crippen LogP contribution in [0.5, 0.6) is 0 Å². The zero-order valence-corrected chi connectivity index (χ0v) is 13.9. The summed E-state index contributed by atoms with van der Waals surface area (Å²) in [6.07, 6.45) is 6.89. The molecule has 1 aromatic carbocycles. The van der Waals surface area contributed by atoms with Gasteiger partial charge >= 0.3 is 0 Å². The van der Waals surface area contributed by atoms with Crippen LogP contribution in [0.4, 0.5) is 0 Å². The summed E-state index contributed by atoms with van der Waals surface area (Å²) >= 11 is 0. The average Bonchev–Trinajstić information content (AvgIpc) is 2.40. The molecule has 0 amide bonds. The summed E-state index contributed by atoms with van der Waals surface area (Å²) in [5.41, 5.74) is 3.49. The Hall–Kier alpha value is -0.860. The Bertz CT molecular complexity index is 486. The van der Waals surface area contributed by atoms with Gasteiger partial charge in [-0.3, -0.25) is 4.90 Å². The molecule has 1 heterocycles. The molecule has 3 rings (SSSR count). The number of nitrogens with zero attached hydrogens (tertiary/aromatic N) is 1. The molecule has 1 saturated heterocycles. The Labute approximate surface area is 129 Å². The quantitative estimate of drug-likeness (QED) is 0.887. The standard InChI is InChI=1S/C19H30N2/c1-16-9-5-6-10-17(16)13-21-14-18(2,3)20-19(15-21)11-7-4-8-12-19/h5-6,9-10,20H,4,7-8,11-15H2,1-3H3. The van der Waals surface area contributed by atoms with Crippen LogP contribution in [0.25, 0.3) is 0 Å². The van der Waals surface area contributed by atoms with Gasteiger partial charge in [0.25, 0.3) is 0 Å². The molecule has 2 heteroatoms. The highest BCUT2D eigenvalue weighted by molar-refractivity contribution is 5.25. The molecular weight excluding hydrogens is 256 g/mol. The molecule has 0 atom stereocenters. The number of benzene rings is 1. The van der Waals surface area contributed by atoms with E-state index in [1.807, 2.05) is 0 Å². The second-order valence-electron chi connectivity index (χ2n) is 7.92. The predicted octanol–water partition coefficient (Wildman–Crippen LogP) is 3.88. The molecule has 1 N–H and O–H groups in total. The van der Waals surface area contributed by atoms with Gasteiger partial charge in [-0.1, -0.05) is 43.5 Å². The van der Waals surface area contributed by atoms with E-state index in [1.54, 1.807) is 0 Å². The zero-order valence-electron chi connectivity index (χ0n) is 13.9. The van der Waals surface area contributed by atoms with E-state index in [0.29, 0.717) is 5.54 Å². The molecule has 1 aromatic rings.